The summed E-state index contributed by atoms with van der Waals surface area (Å²) in [6, 6.07) is 13.9. The molecule has 1 fully saturated rings. The van der Waals surface area contributed by atoms with Crippen molar-refractivity contribution in [2.45, 2.75) is 0 Å². The highest BCUT2D eigenvalue weighted by Gasteiger charge is 2.20. The van der Waals surface area contributed by atoms with Crippen molar-refractivity contribution in [3.05, 3.63) is 70.3 Å². The van der Waals surface area contributed by atoms with Crippen molar-refractivity contribution in [3.63, 3.8) is 0 Å². The van der Waals surface area contributed by atoms with E-state index in [1.807, 2.05) is 24.3 Å². The van der Waals surface area contributed by atoms with Crippen LogP contribution in [0.1, 0.15) is 5.56 Å². The quantitative estimate of drug-likeness (QED) is 0.292. The number of morpholine rings is 1. The molecule has 10 heteroatoms. The first-order valence-electron chi connectivity index (χ1n) is 10.00. The molecule has 32 heavy (non-hydrogen) atoms. The van der Waals surface area contributed by atoms with Gasteiger partial charge in [-0.1, -0.05) is 23.5 Å². The van der Waals surface area contributed by atoms with E-state index >= 15 is 0 Å². The highest BCUT2D eigenvalue weighted by molar-refractivity contribution is 7.22. The van der Waals surface area contributed by atoms with E-state index in [9.17, 15) is 14.9 Å². The third-order valence-electron chi connectivity index (χ3n) is 5.05. The molecule has 1 aliphatic heterocycles. The molecule has 0 saturated carbocycles. The molecule has 1 aromatic heterocycles. The molecule has 0 spiro atoms. The van der Waals surface area contributed by atoms with Crippen LogP contribution in [0.5, 0.6) is 0 Å². The van der Waals surface area contributed by atoms with Crippen LogP contribution in [0.3, 0.4) is 0 Å². The summed E-state index contributed by atoms with van der Waals surface area (Å²) in [6.45, 7) is 4.35. The van der Waals surface area contributed by atoms with E-state index in [0.717, 1.165) is 35.4 Å². The van der Waals surface area contributed by atoms with Gasteiger partial charge in [0.05, 0.1) is 28.4 Å². The van der Waals surface area contributed by atoms with Gasteiger partial charge >= 0.3 is 0 Å². The summed E-state index contributed by atoms with van der Waals surface area (Å²) in [6.07, 6.45) is 3.16. The molecule has 2 heterocycles. The predicted molar refractivity (Wildman–Crippen MR) is 129 cm³/mol. The van der Waals surface area contributed by atoms with Crippen molar-refractivity contribution >= 4 is 56.8 Å². The average Bonchev–Trinajstić information content (AvgIpc) is 3.22. The zero-order valence-corrected chi connectivity index (χ0v) is 18.9. The van der Waals surface area contributed by atoms with Gasteiger partial charge in [-0.15, -0.1) is 12.4 Å². The summed E-state index contributed by atoms with van der Waals surface area (Å²) >= 11 is 1.49. The van der Waals surface area contributed by atoms with Crippen molar-refractivity contribution in [2.75, 3.05) is 44.3 Å². The zero-order chi connectivity index (χ0) is 21.6. The number of non-ortho nitro benzene ring substituents is 1. The lowest BCUT2D eigenvalue weighted by molar-refractivity contribution is -0.384. The lowest BCUT2D eigenvalue weighted by Gasteiger charge is -2.28. The monoisotopic (exact) mass is 474 g/mol. The Bertz CT molecular complexity index is 1060. The van der Waals surface area contributed by atoms with E-state index in [4.69, 9.17) is 4.74 Å². The standard InChI is InChI=1S/C22H22N4O4S.ClH/c27-21(10-7-17-5-8-18(9-6-17)26(28)29)25(12-11-24-13-15-30-16-14-24)22-23-19-3-1-2-4-20(19)31-22;/h1-10H,11-16H2;1H/b10-7+;. The number of halogens is 1. The lowest BCUT2D eigenvalue weighted by Crippen LogP contribution is -2.42. The molecule has 3 aromatic rings. The van der Waals surface area contributed by atoms with Gasteiger partial charge in [-0.2, -0.15) is 0 Å². The largest absolute Gasteiger partial charge is 0.379 e. The highest BCUT2D eigenvalue weighted by Crippen LogP contribution is 2.29. The van der Waals surface area contributed by atoms with Gasteiger partial charge in [-0.25, -0.2) is 4.98 Å². The fourth-order valence-corrected chi connectivity index (χ4v) is 4.30. The van der Waals surface area contributed by atoms with Crippen LogP contribution in [0.2, 0.25) is 0 Å². The molecule has 4 rings (SSSR count). The molecule has 8 nitrogen and oxygen atoms in total. The summed E-state index contributed by atoms with van der Waals surface area (Å²) in [5, 5.41) is 11.5. The van der Waals surface area contributed by atoms with Gasteiger partial charge in [0, 0.05) is 44.4 Å². The predicted octanol–water partition coefficient (Wildman–Crippen LogP) is 4.00. The highest BCUT2D eigenvalue weighted by atomic mass is 35.5. The van der Waals surface area contributed by atoms with Crippen molar-refractivity contribution in [1.82, 2.24) is 9.88 Å². The Morgan fingerprint density at radius 3 is 2.59 bits per heavy atom. The van der Waals surface area contributed by atoms with E-state index < -0.39 is 4.92 Å². The summed E-state index contributed by atoms with van der Waals surface area (Å²) in [7, 11) is 0. The number of aromatic nitrogens is 1. The maximum Gasteiger partial charge on any atom is 0.269 e. The second kappa shape index (κ2) is 11.1. The van der Waals surface area contributed by atoms with E-state index in [1.54, 1.807) is 23.1 Å². The first-order chi connectivity index (χ1) is 15.1. The molecule has 0 bridgehead atoms. The number of thiazole rings is 1. The number of fused-ring (bicyclic) bond motifs is 1. The number of nitrogens with zero attached hydrogens (tertiary/aromatic N) is 4. The molecule has 2 aromatic carbocycles. The minimum atomic E-state index is -0.445. The number of benzene rings is 2. The smallest absolute Gasteiger partial charge is 0.269 e. The summed E-state index contributed by atoms with van der Waals surface area (Å²) in [5.41, 5.74) is 1.60. The second-order valence-corrected chi connectivity index (χ2v) is 8.10. The number of carbonyl (C=O) groups is 1. The van der Waals surface area contributed by atoms with Gasteiger partial charge in [0.15, 0.2) is 5.13 Å². The molecule has 0 N–H and O–H groups in total. The van der Waals surface area contributed by atoms with E-state index in [0.29, 0.717) is 24.9 Å². The number of amides is 1. The number of para-hydroxylation sites is 1. The Kier molecular flexibility index (Phi) is 8.29. The molecule has 0 radical (unpaired) electrons. The minimum absolute atomic E-state index is 0. The van der Waals surface area contributed by atoms with Gasteiger partial charge in [0.2, 0.25) is 0 Å². The van der Waals surface area contributed by atoms with Crippen LogP contribution in [0.15, 0.2) is 54.6 Å². The summed E-state index contributed by atoms with van der Waals surface area (Å²) < 4.78 is 6.43. The Hall–Kier alpha value is -2.85. The number of hydrogen-bond acceptors (Lipinski definition) is 7. The Morgan fingerprint density at radius 2 is 1.91 bits per heavy atom. The third-order valence-corrected chi connectivity index (χ3v) is 6.10. The fraction of sp³-hybridized carbons (Fsp3) is 0.273. The number of nitro benzene ring substituents is 1. The van der Waals surface area contributed by atoms with Crippen LogP contribution in [0.4, 0.5) is 10.8 Å². The Morgan fingerprint density at radius 1 is 1.19 bits per heavy atom. The van der Waals surface area contributed by atoms with Gasteiger partial charge in [0.25, 0.3) is 11.6 Å². The van der Waals surface area contributed by atoms with Crippen LogP contribution >= 0.6 is 23.7 Å². The number of anilines is 1. The number of ether oxygens (including phenoxy) is 1. The van der Waals surface area contributed by atoms with Crippen molar-refractivity contribution in [1.29, 1.82) is 0 Å². The molecule has 168 valence electrons. The van der Waals surface area contributed by atoms with Crippen LogP contribution in [0.25, 0.3) is 16.3 Å². The second-order valence-electron chi connectivity index (χ2n) is 7.09. The maximum atomic E-state index is 13.1. The fourth-order valence-electron chi connectivity index (χ4n) is 3.31. The number of carbonyl (C=O) groups excluding carboxylic acids is 1. The van der Waals surface area contributed by atoms with Gasteiger partial charge in [-0.05, 0) is 35.9 Å². The van der Waals surface area contributed by atoms with E-state index in [1.165, 1.54) is 29.5 Å². The number of hydrogen-bond donors (Lipinski definition) is 0. The first-order valence-corrected chi connectivity index (χ1v) is 10.8. The van der Waals surface area contributed by atoms with Crippen LogP contribution < -0.4 is 4.90 Å². The molecule has 0 aliphatic carbocycles. The zero-order valence-electron chi connectivity index (χ0n) is 17.3. The van der Waals surface area contributed by atoms with Crippen LogP contribution in [0, 0.1) is 10.1 Å². The number of rotatable bonds is 7. The molecular weight excluding hydrogens is 452 g/mol. The Labute approximate surface area is 195 Å². The third kappa shape index (κ3) is 5.89. The minimum Gasteiger partial charge on any atom is -0.379 e. The van der Waals surface area contributed by atoms with Crippen molar-refractivity contribution in [2.24, 2.45) is 0 Å². The normalized spacial score (nSPS) is 14.4. The first kappa shape index (κ1) is 23.8. The SMILES string of the molecule is Cl.O=C(/C=C/c1ccc([N+](=O)[O-])cc1)N(CCN1CCOCC1)c1nc2ccccc2s1. The molecule has 1 saturated heterocycles. The van der Waals surface area contributed by atoms with Crippen molar-refractivity contribution in [3.8, 4) is 0 Å². The van der Waals surface area contributed by atoms with Crippen molar-refractivity contribution < 1.29 is 14.5 Å². The Balaban J connectivity index is 0.00000289. The molecule has 1 aliphatic rings. The van der Waals surface area contributed by atoms with Crippen LogP contribution in [-0.4, -0.2) is 60.1 Å². The van der Waals surface area contributed by atoms with Gasteiger partial charge in [0.1, 0.15) is 0 Å². The molecule has 0 atom stereocenters. The number of nitro groups is 1. The van der Waals surface area contributed by atoms with Gasteiger partial charge < -0.3 is 4.74 Å². The van der Waals surface area contributed by atoms with E-state index in [2.05, 4.69) is 9.88 Å². The van der Waals surface area contributed by atoms with Gasteiger partial charge in [-0.3, -0.25) is 24.7 Å². The average molecular weight is 475 g/mol. The lowest BCUT2D eigenvalue weighted by atomic mass is 10.2. The topological polar surface area (TPSA) is 88.8 Å². The summed E-state index contributed by atoms with van der Waals surface area (Å²) in [4.78, 5) is 32.1. The summed E-state index contributed by atoms with van der Waals surface area (Å²) in [5.74, 6) is -0.175. The molecular formula is C22H23ClN4O4S. The van der Waals surface area contributed by atoms with Crippen LogP contribution in [-0.2, 0) is 9.53 Å². The van der Waals surface area contributed by atoms with E-state index in [-0.39, 0.29) is 24.0 Å². The molecule has 1 amide bonds. The molecule has 0 unspecified atom stereocenters. The maximum absolute atomic E-state index is 13.1.